The van der Waals surface area contributed by atoms with Crippen molar-refractivity contribution < 1.29 is 13.9 Å². The number of likely N-dealkylation sites (N-methyl/N-ethyl adjacent to an activating group) is 1. The van der Waals surface area contributed by atoms with E-state index in [-0.39, 0.29) is 17.8 Å². The number of aryl methyl sites for hydroxylation is 1. The minimum absolute atomic E-state index is 0.0272. The SMILES string of the molecule is Cc1cc(F)ccc1C(=O)N1CCO[C@@H](CN(C)CC2CC2)C1. The number of amides is 1. The van der Waals surface area contributed by atoms with Crippen molar-refractivity contribution in [3.8, 4) is 0 Å². The van der Waals surface area contributed by atoms with Crippen molar-refractivity contribution >= 4 is 5.91 Å². The highest BCUT2D eigenvalue weighted by Gasteiger charge is 2.28. The van der Waals surface area contributed by atoms with Gasteiger partial charge in [0.1, 0.15) is 5.82 Å². The van der Waals surface area contributed by atoms with Crippen molar-refractivity contribution in [3.05, 3.63) is 35.1 Å². The molecule has 0 unspecified atom stereocenters. The van der Waals surface area contributed by atoms with E-state index in [1.54, 1.807) is 13.0 Å². The highest BCUT2D eigenvalue weighted by molar-refractivity contribution is 5.95. The summed E-state index contributed by atoms with van der Waals surface area (Å²) in [5, 5.41) is 0. The third kappa shape index (κ3) is 4.30. The van der Waals surface area contributed by atoms with Crippen LogP contribution in [0.25, 0.3) is 0 Å². The Balaban J connectivity index is 1.59. The number of rotatable bonds is 5. The molecule has 0 spiro atoms. The Bertz CT molecular complexity index is 574. The van der Waals surface area contributed by atoms with Gasteiger partial charge >= 0.3 is 0 Å². The van der Waals surface area contributed by atoms with Crippen LogP contribution in [0.3, 0.4) is 0 Å². The Morgan fingerprint density at radius 1 is 1.39 bits per heavy atom. The van der Waals surface area contributed by atoms with Crippen LogP contribution in [-0.4, -0.2) is 61.6 Å². The third-order valence-electron chi connectivity index (χ3n) is 4.63. The largest absolute Gasteiger partial charge is 0.373 e. The van der Waals surface area contributed by atoms with Crippen LogP contribution in [-0.2, 0) is 4.74 Å². The van der Waals surface area contributed by atoms with E-state index in [1.807, 2.05) is 4.90 Å². The first-order valence-electron chi connectivity index (χ1n) is 8.38. The summed E-state index contributed by atoms with van der Waals surface area (Å²) in [6.07, 6.45) is 2.73. The molecule has 1 aliphatic heterocycles. The van der Waals surface area contributed by atoms with Crippen LogP contribution < -0.4 is 0 Å². The number of halogens is 1. The Morgan fingerprint density at radius 3 is 2.87 bits per heavy atom. The maximum Gasteiger partial charge on any atom is 0.254 e. The average Bonchev–Trinajstić information content (AvgIpc) is 3.30. The van der Waals surface area contributed by atoms with Gasteiger partial charge in [-0.05, 0) is 56.5 Å². The molecule has 2 fully saturated rings. The zero-order valence-corrected chi connectivity index (χ0v) is 13.9. The monoisotopic (exact) mass is 320 g/mol. The number of hydrogen-bond acceptors (Lipinski definition) is 3. The van der Waals surface area contributed by atoms with Crippen LogP contribution >= 0.6 is 0 Å². The summed E-state index contributed by atoms with van der Waals surface area (Å²) in [5.41, 5.74) is 1.27. The highest BCUT2D eigenvalue weighted by Crippen LogP contribution is 2.29. The fourth-order valence-corrected chi connectivity index (χ4v) is 3.22. The molecule has 5 heteroatoms. The van der Waals surface area contributed by atoms with E-state index in [0.29, 0.717) is 30.8 Å². The predicted octanol–water partition coefficient (Wildman–Crippen LogP) is 2.32. The summed E-state index contributed by atoms with van der Waals surface area (Å²) >= 11 is 0. The van der Waals surface area contributed by atoms with E-state index in [2.05, 4.69) is 11.9 Å². The molecule has 0 aromatic heterocycles. The molecular formula is C18H25FN2O2. The zero-order valence-electron chi connectivity index (χ0n) is 13.9. The minimum Gasteiger partial charge on any atom is -0.373 e. The smallest absolute Gasteiger partial charge is 0.254 e. The Hall–Kier alpha value is -1.46. The molecular weight excluding hydrogens is 295 g/mol. The highest BCUT2D eigenvalue weighted by atomic mass is 19.1. The molecule has 1 aliphatic carbocycles. The zero-order chi connectivity index (χ0) is 16.4. The summed E-state index contributed by atoms with van der Waals surface area (Å²) in [6, 6.07) is 4.34. The van der Waals surface area contributed by atoms with Gasteiger partial charge in [0.05, 0.1) is 12.7 Å². The van der Waals surface area contributed by atoms with Crippen molar-refractivity contribution in [2.75, 3.05) is 39.8 Å². The fraction of sp³-hybridized carbons (Fsp3) is 0.611. The van der Waals surface area contributed by atoms with Gasteiger partial charge in [0.2, 0.25) is 0 Å². The van der Waals surface area contributed by atoms with Crippen LogP contribution in [0.15, 0.2) is 18.2 Å². The Kier molecular flexibility index (Phi) is 4.97. The molecule has 0 bridgehead atoms. The van der Waals surface area contributed by atoms with Crippen LogP contribution in [0.1, 0.15) is 28.8 Å². The predicted molar refractivity (Wildman–Crippen MR) is 87.0 cm³/mol. The number of benzene rings is 1. The van der Waals surface area contributed by atoms with Crippen molar-refractivity contribution in [1.29, 1.82) is 0 Å². The summed E-state index contributed by atoms with van der Waals surface area (Å²) in [6.45, 7) is 5.50. The average molecular weight is 320 g/mol. The molecule has 1 aromatic rings. The summed E-state index contributed by atoms with van der Waals surface area (Å²) in [5.74, 6) is 0.518. The molecule has 23 heavy (non-hydrogen) atoms. The summed E-state index contributed by atoms with van der Waals surface area (Å²) in [7, 11) is 2.12. The maximum atomic E-state index is 13.2. The van der Waals surface area contributed by atoms with Crippen molar-refractivity contribution in [1.82, 2.24) is 9.80 Å². The van der Waals surface area contributed by atoms with Crippen LogP contribution in [0, 0.1) is 18.7 Å². The van der Waals surface area contributed by atoms with Gasteiger partial charge in [-0.2, -0.15) is 0 Å². The Labute approximate surface area is 137 Å². The molecule has 1 atom stereocenters. The first-order valence-corrected chi connectivity index (χ1v) is 8.38. The van der Waals surface area contributed by atoms with Crippen molar-refractivity contribution in [3.63, 3.8) is 0 Å². The molecule has 2 aliphatic rings. The fourth-order valence-electron chi connectivity index (χ4n) is 3.22. The lowest BCUT2D eigenvalue weighted by Crippen LogP contribution is -2.49. The molecule has 1 saturated heterocycles. The second-order valence-electron chi connectivity index (χ2n) is 6.87. The van der Waals surface area contributed by atoms with Crippen molar-refractivity contribution in [2.45, 2.75) is 25.9 Å². The number of nitrogens with zero attached hydrogens (tertiary/aromatic N) is 2. The lowest BCUT2D eigenvalue weighted by Gasteiger charge is -2.35. The number of carbonyl (C=O) groups excluding carboxylic acids is 1. The van der Waals surface area contributed by atoms with E-state index in [4.69, 9.17) is 4.74 Å². The quantitative estimate of drug-likeness (QED) is 0.835. The van der Waals surface area contributed by atoms with E-state index >= 15 is 0 Å². The summed E-state index contributed by atoms with van der Waals surface area (Å²) in [4.78, 5) is 16.8. The molecule has 1 amide bonds. The number of hydrogen-bond donors (Lipinski definition) is 0. The first kappa shape index (κ1) is 16.4. The molecule has 126 valence electrons. The van der Waals surface area contributed by atoms with Gasteiger partial charge < -0.3 is 14.5 Å². The molecule has 0 N–H and O–H groups in total. The van der Waals surface area contributed by atoms with Gasteiger partial charge in [-0.3, -0.25) is 4.79 Å². The second-order valence-corrected chi connectivity index (χ2v) is 6.87. The van der Waals surface area contributed by atoms with Gasteiger partial charge in [-0.1, -0.05) is 0 Å². The van der Waals surface area contributed by atoms with Gasteiger partial charge in [-0.15, -0.1) is 0 Å². The number of morpholine rings is 1. The van der Waals surface area contributed by atoms with Gasteiger partial charge in [0.15, 0.2) is 0 Å². The van der Waals surface area contributed by atoms with Gasteiger partial charge in [0.25, 0.3) is 5.91 Å². The van der Waals surface area contributed by atoms with E-state index in [0.717, 1.165) is 19.0 Å². The first-order chi connectivity index (χ1) is 11.0. The Morgan fingerprint density at radius 2 is 2.17 bits per heavy atom. The van der Waals surface area contributed by atoms with Gasteiger partial charge in [-0.25, -0.2) is 4.39 Å². The molecule has 1 saturated carbocycles. The molecule has 3 rings (SSSR count). The molecule has 1 heterocycles. The van der Waals surface area contributed by atoms with Gasteiger partial charge in [0, 0.05) is 31.7 Å². The minimum atomic E-state index is -0.305. The van der Waals surface area contributed by atoms with Crippen LogP contribution in [0.2, 0.25) is 0 Å². The lowest BCUT2D eigenvalue weighted by molar-refractivity contribution is -0.0334. The summed E-state index contributed by atoms with van der Waals surface area (Å²) < 4.78 is 19.0. The maximum absolute atomic E-state index is 13.2. The standard InChI is InChI=1S/C18H25FN2O2/c1-13-9-15(19)5-6-17(13)18(22)21-7-8-23-16(12-21)11-20(2)10-14-3-4-14/h5-6,9,14,16H,3-4,7-8,10-12H2,1-2H3/t16-/m0/s1. The number of ether oxygens (including phenoxy) is 1. The third-order valence-corrected chi connectivity index (χ3v) is 4.63. The van der Waals surface area contributed by atoms with E-state index < -0.39 is 0 Å². The molecule has 4 nitrogen and oxygen atoms in total. The van der Waals surface area contributed by atoms with Crippen LogP contribution in [0.4, 0.5) is 4.39 Å². The second kappa shape index (κ2) is 6.97. The normalized spacial score (nSPS) is 21.7. The lowest BCUT2D eigenvalue weighted by atomic mass is 10.1. The topological polar surface area (TPSA) is 32.8 Å². The molecule has 1 aromatic carbocycles. The van der Waals surface area contributed by atoms with Crippen LogP contribution in [0.5, 0.6) is 0 Å². The van der Waals surface area contributed by atoms with E-state index in [1.165, 1.54) is 25.0 Å². The van der Waals surface area contributed by atoms with E-state index in [9.17, 15) is 9.18 Å². The number of carbonyl (C=O) groups is 1. The molecule has 0 radical (unpaired) electrons. The van der Waals surface area contributed by atoms with Crippen molar-refractivity contribution in [2.24, 2.45) is 5.92 Å².